The maximum absolute atomic E-state index is 12.1. The van der Waals surface area contributed by atoms with E-state index in [2.05, 4.69) is 21.0 Å². The molecule has 7 heteroatoms. The number of halogens is 1. The second-order valence-electron chi connectivity index (χ2n) is 4.91. The summed E-state index contributed by atoms with van der Waals surface area (Å²) in [4.78, 5) is 12.1. The van der Waals surface area contributed by atoms with Crippen molar-refractivity contribution in [1.29, 1.82) is 0 Å². The van der Waals surface area contributed by atoms with E-state index in [1.54, 1.807) is 28.9 Å². The van der Waals surface area contributed by atoms with Gasteiger partial charge in [-0.1, -0.05) is 11.6 Å². The summed E-state index contributed by atoms with van der Waals surface area (Å²) in [5.74, 6) is 0.726. The Hall–Kier alpha value is -2.05. The van der Waals surface area contributed by atoms with Gasteiger partial charge in [0.15, 0.2) is 0 Å². The molecule has 3 rings (SSSR count). The van der Waals surface area contributed by atoms with Gasteiger partial charge in [-0.05, 0) is 24.3 Å². The lowest BCUT2D eigenvalue weighted by molar-refractivity contribution is 0.262. The van der Waals surface area contributed by atoms with E-state index >= 15 is 0 Å². The number of urea groups is 1. The molecule has 2 amide bonds. The molecule has 1 aliphatic heterocycles. The molecule has 6 nitrogen and oxygen atoms in total. The minimum Gasteiger partial charge on any atom is -0.312 e. The first-order valence-corrected chi connectivity index (χ1v) is 7.10. The molecule has 0 aliphatic carbocycles. The predicted molar refractivity (Wildman–Crippen MR) is 82.7 cm³/mol. The Balaban J connectivity index is 1.73. The summed E-state index contributed by atoms with van der Waals surface area (Å²) in [5.41, 5.74) is 2.78. The number of nitrogens with one attached hydrogen (secondary N) is 3. The van der Waals surface area contributed by atoms with Gasteiger partial charge in [0, 0.05) is 42.8 Å². The molecule has 21 heavy (non-hydrogen) atoms. The Bertz CT molecular complexity index is 665. The van der Waals surface area contributed by atoms with Crippen LogP contribution in [0.1, 0.15) is 11.3 Å². The van der Waals surface area contributed by atoms with E-state index in [0.717, 1.165) is 36.6 Å². The molecule has 0 fully saturated rings. The zero-order chi connectivity index (χ0) is 14.8. The Morgan fingerprint density at radius 1 is 1.33 bits per heavy atom. The number of carbonyl (C=O) groups excluding carboxylic acids is 1. The van der Waals surface area contributed by atoms with Crippen LogP contribution in [-0.4, -0.2) is 22.4 Å². The van der Waals surface area contributed by atoms with Crippen molar-refractivity contribution in [3.63, 3.8) is 0 Å². The summed E-state index contributed by atoms with van der Waals surface area (Å²) in [7, 11) is 1.83. The number of fused-ring (bicyclic) bond motifs is 1. The van der Waals surface area contributed by atoms with Gasteiger partial charge in [0.2, 0.25) is 0 Å². The largest absolute Gasteiger partial charge is 0.324 e. The number of carbonyl (C=O) groups is 1. The highest BCUT2D eigenvalue weighted by Gasteiger charge is 2.20. The van der Waals surface area contributed by atoms with E-state index in [9.17, 15) is 4.79 Å². The number of nitrogens with zero attached hydrogens (tertiary/aromatic N) is 2. The molecule has 1 aliphatic rings. The monoisotopic (exact) mass is 305 g/mol. The van der Waals surface area contributed by atoms with Crippen LogP contribution in [0.5, 0.6) is 0 Å². The summed E-state index contributed by atoms with van der Waals surface area (Å²) < 4.78 is 1.71. The molecular weight excluding hydrogens is 290 g/mol. The topological polar surface area (TPSA) is 71.0 Å². The summed E-state index contributed by atoms with van der Waals surface area (Å²) in [6.07, 6.45) is 0.879. The first kappa shape index (κ1) is 13.9. The molecule has 3 N–H and O–H groups in total. The van der Waals surface area contributed by atoms with Crippen LogP contribution in [0.4, 0.5) is 16.3 Å². The third-order valence-electron chi connectivity index (χ3n) is 3.40. The standard InChI is InChI=1S/C14H16ClN5O/c1-20-13(11-8-16-7-6-12(11)19-20)18-14(21)17-10-4-2-9(15)3-5-10/h2-5,16H,6-8H2,1H3,(H2,17,18,21). The van der Waals surface area contributed by atoms with Crippen LogP contribution in [0.3, 0.4) is 0 Å². The molecule has 0 atom stereocenters. The summed E-state index contributed by atoms with van der Waals surface area (Å²) in [6.45, 7) is 1.64. The predicted octanol–water partition coefficient (Wildman–Crippen LogP) is 2.36. The fourth-order valence-electron chi connectivity index (χ4n) is 2.39. The highest BCUT2D eigenvalue weighted by Crippen LogP contribution is 2.22. The van der Waals surface area contributed by atoms with Gasteiger partial charge in [0.25, 0.3) is 0 Å². The van der Waals surface area contributed by atoms with Crippen molar-refractivity contribution in [1.82, 2.24) is 15.1 Å². The lowest BCUT2D eigenvalue weighted by atomic mass is 10.1. The van der Waals surface area contributed by atoms with Gasteiger partial charge in [-0.2, -0.15) is 5.10 Å². The van der Waals surface area contributed by atoms with Crippen LogP contribution in [0.25, 0.3) is 0 Å². The van der Waals surface area contributed by atoms with Gasteiger partial charge in [-0.3, -0.25) is 10.00 Å². The molecule has 2 aromatic rings. The van der Waals surface area contributed by atoms with Crippen LogP contribution in [0.15, 0.2) is 24.3 Å². The van der Waals surface area contributed by atoms with E-state index in [1.165, 1.54) is 0 Å². The van der Waals surface area contributed by atoms with Crippen molar-refractivity contribution in [3.05, 3.63) is 40.5 Å². The molecule has 110 valence electrons. The van der Waals surface area contributed by atoms with Crippen molar-refractivity contribution < 1.29 is 4.79 Å². The molecule has 0 radical (unpaired) electrons. The van der Waals surface area contributed by atoms with Crippen molar-refractivity contribution in [2.45, 2.75) is 13.0 Å². The molecule has 0 saturated heterocycles. The quantitative estimate of drug-likeness (QED) is 0.797. The summed E-state index contributed by atoms with van der Waals surface area (Å²) >= 11 is 5.82. The highest BCUT2D eigenvalue weighted by atomic mass is 35.5. The average molecular weight is 306 g/mol. The number of hydrogen-bond donors (Lipinski definition) is 3. The second kappa shape index (κ2) is 5.75. The molecular formula is C14H16ClN5O. The maximum Gasteiger partial charge on any atom is 0.324 e. The van der Waals surface area contributed by atoms with Gasteiger partial charge in [-0.25, -0.2) is 4.79 Å². The van der Waals surface area contributed by atoms with Gasteiger partial charge in [0.05, 0.1) is 5.69 Å². The molecule has 2 heterocycles. The Labute approximate surface area is 127 Å². The maximum atomic E-state index is 12.1. The third kappa shape index (κ3) is 3.01. The number of aromatic nitrogens is 2. The summed E-state index contributed by atoms with van der Waals surface area (Å²) in [5, 5.41) is 14.0. The van der Waals surface area contributed by atoms with Crippen LogP contribution < -0.4 is 16.0 Å². The Morgan fingerprint density at radius 3 is 2.86 bits per heavy atom. The fraction of sp³-hybridized carbons (Fsp3) is 0.286. The van der Waals surface area contributed by atoms with Gasteiger partial charge in [0.1, 0.15) is 5.82 Å². The SMILES string of the molecule is Cn1nc2c(c1NC(=O)Nc1ccc(Cl)cc1)CNCC2. The molecule has 0 unspecified atom stereocenters. The molecule has 0 saturated carbocycles. The number of amides is 2. The van der Waals surface area contributed by atoms with Crippen LogP contribution in [-0.2, 0) is 20.0 Å². The number of benzene rings is 1. The molecule has 0 bridgehead atoms. The van der Waals surface area contributed by atoms with Crippen LogP contribution in [0, 0.1) is 0 Å². The molecule has 0 spiro atoms. The smallest absolute Gasteiger partial charge is 0.312 e. The lowest BCUT2D eigenvalue weighted by Crippen LogP contribution is -2.25. The van der Waals surface area contributed by atoms with Crippen LogP contribution >= 0.6 is 11.6 Å². The fourth-order valence-corrected chi connectivity index (χ4v) is 2.52. The minimum atomic E-state index is -0.298. The van der Waals surface area contributed by atoms with E-state index in [1.807, 2.05) is 7.05 Å². The van der Waals surface area contributed by atoms with Crippen LogP contribution in [0.2, 0.25) is 5.02 Å². The first-order valence-electron chi connectivity index (χ1n) is 6.72. The zero-order valence-electron chi connectivity index (χ0n) is 11.6. The number of aryl methyl sites for hydroxylation is 1. The average Bonchev–Trinajstić information content (AvgIpc) is 2.78. The highest BCUT2D eigenvalue weighted by molar-refractivity contribution is 6.30. The number of anilines is 2. The Kier molecular flexibility index (Phi) is 3.81. The zero-order valence-corrected chi connectivity index (χ0v) is 12.4. The van der Waals surface area contributed by atoms with E-state index < -0.39 is 0 Å². The Morgan fingerprint density at radius 2 is 2.10 bits per heavy atom. The van der Waals surface area contributed by atoms with Crippen molar-refractivity contribution in [2.75, 3.05) is 17.2 Å². The third-order valence-corrected chi connectivity index (χ3v) is 3.65. The van der Waals surface area contributed by atoms with Crippen molar-refractivity contribution in [3.8, 4) is 0 Å². The van der Waals surface area contributed by atoms with Gasteiger partial charge < -0.3 is 10.6 Å². The molecule has 1 aromatic carbocycles. The summed E-state index contributed by atoms with van der Waals surface area (Å²) in [6, 6.07) is 6.67. The van der Waals surface area contributed by atoms with Crippen molar-refractivity contribution in [2.24, 2.45) is 7.05 Å². The van der Waals surface area contributed by atoms with Gasteiger partial charge >= 0.3 is 6.03 Å². The van der Waals surface area contributed by atoms with Crippen molar-refractivity contribution >= 4 is 29.1 Å². The van der Waals surface area contributed by atoms with Gasteiger partial charge in [-0.15, -0.1) is 0 Å². The number of rotatable bonds is 2. The van der Waals surface area contributed by atoms with E-state index in [4.69, 9.17) is 11.6 Å². The normalized spacial score (nSPS) is 13.6. The second-order valence-corrected chi connectivity index (χ2v) is 5.35. The minimum absolute atomic E-state index is 0.298. The number of hydrogen-bond acceptors (Lipinski definition) is 3. The van der Waals surface area contributed by atoms with E-state index in [-0.39, 0.29) is 6.03 Å². The van der Waals surface area contributed by atoms with E-state index in [0.29, 0.717) is 10.7 Å². The first-order chi connectivity index (χ1) is 10.1. The molecule has 1 aromatic heterocycles. The lowest BCUT2D eigenvalue weighted by Gasteiger charge is -2.14.